The van der Waals surface area contributed by atoms with Gasteiger partial charge in [-0.1, -0.05) is 44.4 Å². The average Bonchev–Trinajstić information content (AvgIpc) is 3.28. The predicted octanol–water partition coefficient (Wildman–Crippen LogP) is 3.34. The zero-order chi connectivity index (χ0) is 22.6. The molecular weight excluding hydrogens is 400 g/mol. The standard InChI is InChI=1S/C22H26N4O5/c1-3-4-5-7-17(13-26(30)15-27)21(28)24-14-25-22(29)20-11-10-19(31-20)16-8-6-9-18(12-16)23-2/h6,8-12,15,17,30H,3-5,7,13-14H2,1H3,(H,24,28)(H,25,29)/t17-/m1/s1. The maximum absolute atomic E-state index is 12.4. The third-order valence-electron chi connectivity index (χ3n) is 4.66. The molecule has 3 N–H and O–H groups in total. The van der Waals surface area contributed by atoms with Gasteiger partial charge in [0.05, 0.1) is 25.7 Å². The first-order valence-corrected chi connectivity index (χ1v) is 10.0. The van der Waals surface area contributed by atoms with Crippen molar-refractivity contribution in [2.75, 3.05) is 13.2 Å². The molecule has 0 unspecified atom stereocenters. The number of amides is 3. The first-order valence-electron chi connectivity index (χ1n) is 10.0. The van der Waals surface area contributed by atoms with E-state index in [4.69, 9.17) is 11.0 Å². The lowest BCUT2D eigenvalue weighted by Gasteiger charge is -2.19. The van der Waals surface area contributed by atoms with Gasteiger partial charge in [-0.2, -0.15) is 0 Å². The van der Waals surface area contributed by atoms with E-state index in [1.54, 1.807) is 30.3 Å². The van der Waals surface area contributed by atoms with Crippen molar-refractivity contribution >= 4 is 23.9 Å². The Kier molecular flexibility index (Phi) is 9.26. The molecular formula is C22H26N4O5. The van der Waals surface area contributed by atoms with Crippen molar-refractivity contribution in [3.8, 4) is 11.3 Å². The van der Waals surface area contributed by atoms with Crippen LogP contribution in [0.4, 0.5) is 5.69 Å². The monoisotopic (exact) mass is 426 g/mol. The number of rotatable bonds is 12. The van der Waals surface area contributed by atoms with Gasteiger partial charge < -0.3 is 15.1 Å². The van der Waals surface area contributed by atoms with E-state index >= 15 is 0 Å². The van der Waals surface area contributed by atoms with Crippen LogP contribution in [0.1, 0.15) is 43.2 Å². The fourth-order valence-corrected chi connectivity index (χ4v) is 3.00. The molecule has 9 heteroatoms. The van der Waals surface area contributed by atoms with E-state index < -0.39 is 11.8 Å². The molecule has 1 aromatic carbocycles. The third-order valence-corrected chi connectivity index (χ3v) is 4.66. The van der Waals surface area contributed by atoms with Gasteiger partial charge in [0.1, 0.15) is 5.76 Å². The Balaban J connectivity index is 1.89. The highest BCUT2D eigenvalue weighted by Gasteiger charge is 2.21. The minimum absolute atomic E-state index is 0.0689. The highest BCUT2D eigenvalue weighted by molar-refractivity contribution is 5.92. The van der Waals surface area contributed by atoms with Gasteiger partial charge in [0.15, 0.2) is 11.4 Å². The van der Waals surface area contributed by atoms with E-state index in [1.807, 2.05) is 6.92 Å². The van der Waals surface area contributed by atoms with Crippen molar-refractivity contribution in [3.05, 3.63) is 53.6 Å². The first-order chi connectivity index (χ1) is 15.0. The molecule has 1 aromatic heterocycles. The van der Waals surface area contributed by atoms with Crippen molar-refractivity contribution in [3.63, 3.8) is 0 Å². The van der Waals surface area contributed by atoms with Crippen molar-refractivity contribution in [1.29, 1.82) is 0 Å². The van der Waals surface area contributed by atoms with Crippen LogP contribution in [0.5, 0.6) is 0 Å². The molecule has 0 aliphatic heterocycles. The van der Waals surface area contributed by atoms with E-state index in [0.29, 0.717) is 28.5 Å². The summed E-state index contributed by atoms with van der Waals surface area (Å²) in [6, 6.07) is 9.99. The number of unbranched alkanes of at least 4 members (excludes halogenated alkanes) is 2. The lowest BCUT2D eigenvalue weighted by atomic mass is 10.0. The van der Waals surface area contributed by atoms with Crippen LogP contribution < -0.4 is 10.6 Å². The largest absolute Gasteiger partial charge is 0.451 e. The van der Waals surface area contributed by atoms with E-state index in [-0.39, 0.29) is 31.3 Å². The fraction of sp³-hybridized carbons (Fsp3) is 0.364. The summed E-state index contributed by atoms with van der Waals surface area (Å²) in [4.78, 5) is 38.7. The van der Waals surface area contributed by atoms with E-state index in [0.717, 1.165) is 19.3 Å². The predicted molar refractivity (Wildman–Crippen MR) is 113 cm³/mol. The smallest absolute Gasteiger partial charge is 0.288 e. The Hall–Kier alpha value is -3.64. The summed E-state index contributed by atoms with van der Waals surface area (Å²) in [5.74, 6) is -0.934. The molecule has 164 valence electrons. The molecule has 0 fully saturated rings. The number of benzene rings is 1. The second kappa shape index (κ2) is 12.1. The normalized spacial score (nSPS) is 11.3. The molecule has 31 heavy (non-hydrogen) atoms. The van der Waals surface area contributed by atoms with Gasteiger partial charge in [0.25, 0.3) is 5.91 Å². The van der Waals surface area contributed by atoms with Crippen LogP contribution >= 0.6 is 0 Å². The summed E-state index contributed by atoms with van der Waals surface area (Å²) >= 11 is 0. The van der Waals surface area contributed by atoms with Gasteiger partial charge in [-0.15, -0.1) is 0 Å². The lowest BCUT2D eigenvalue weighted by molar-refractivity contribution is -0.154. The molecule has 1 heterocycles. The van der Waals surface area contributed by atoms with Gasteiger partial charge in [0.2, 0.25) is 12.3 Å². The molecule has 0 radical (unpaired) electrons. The van der Waals surface area contributed by atoms with Crippen LogP contribution in [-0.4, -0.2) is 41.7 Å². The zero-order valence-electron chi connectivity index (χ0n) is 17.3. The molecule has 3 amide bonds. The van der Waals surface area contributed by atoms with Crippen LogP contribution in [0.15, 0.2) is 40.8 Å². The Morgan fingerprint density at radius 1 is 1.26 bits per heavy atom. The van der Waals surface area contributed by atoms with Crippen molar-refractivity contribution in [2.45, 2.75) is 32.6 Å². The van der Waals surface area contributed by atoms with E-state index in [9.17, 15) is 19.6 Å². The Bertz CT molecular complexity index is 934. The minimum atomic E-state index is -0.580. The Labute approximate surface area is 180 Å². The van der Waals surface area contributed by atoms with Crippen molar-refractivity contribution in [1.82, 2.24) is 15.7 Å². The molecule has 9 nitrogen and oxygen atoms in total. The lowest BCUT2D eigenvalue weighted by Crippen LogP contribution is -2.42. The number of furan rings is 1. The quantitative estimate of drug-likeness (QED) is 0.120. The van der Waals surface area contributed by atoms with Crippen LogP contribution in [0.25, 0.3) is 16.2 Å². The minimum Gasteiger partial charge on any atom is -0.451 e. The number of nitrogens with one attached hydrogen (secondary N) is 2. The number of hydrogen-bond donors (Lipinski definition) is 3. The zero-order valence-corrected chi connectivity index (χ0v) is 17.3. The maximum atomic E-state index is 12.4. The van der Waals surface area contributed by atoms with E-state index in [1.165, 1.54) is 6.07 Å². The highest BCUT2D eigenvalue weighted by Crippen LogP contribution is 2.26. The molecule has 1 atom stereocenters. The number of nitrogens with zero attached hydrogens (tertiary/aromatic N) is 2. The molecule has 0 bridgehead atoms. The van der Waals surface area contributed by atoms with Gasteiger partial charge in [-0.25, -0.2) is 9.91 Å². The summed E-state index contributed by atoms with van der Waals surface area (Å²) in [6.07, 6.45) is 3.48. The number of hydroxylamine groups is 2. The topological polar surface area (TPSA) is 116 Å². The molecule has 0 aliphatic rings. The number of hydrogen-bond acceptors (Lipinski definition) is 5. The van der Waals surface area contributed by atoms with Crippen molar-refractivity contribution < 1.29 is 24.0 Å². The van der Waals surface area contributed by atoms with Gasteiger partial charge in [0, 0.05) is 5.56 Å². The van der Waals surface area contributed by atoms with Crippen LogP contribution in [0.3, 0.4) is 0 Å². The average molecular weight is 426 g/mol. The summed E-state index contributed by atoms with van der Waals surface area (Å²) < 4.78 is 5.56. The number of carbonyl (C=O) groups excluding carboxylic acids is 3. The summed E-state index contributed by atoms with van der Waals surface area (Å²) in [5, 5.41) is 15.0. The second-order valence-electron chi connectivity index (χ2n) is 6.97. The van der Waals surface area contributed by atoms with Crippen molar-refractivity contribution in [2.24, 2.45) is 5.92 Å². The van der Waals surface area contributed by atoms with Crippen LogP contribution in [0, 0.1) is 12.5 Å². The summed E-state index contributed by atoms with van der Waals surface area (Å²) in [5.41, 5.74) is 1.15. The summed E-state index contributed by atoms with van der Waals surface area (Å²) in [6.45, 7) is 8.87. The summed E-state index contributed by atoms with van der Waals surface area (Å²) in [7, 11) is 0. The molecule has 2 aromatic rings. The molecule has 0 saturated heterocycles. The van der Waals surface area contributed by atoms with Gasteiger partial charge in [-0.05, 0) is 24.6 Å². The second-order valence-corrected chi connectivity index (χ2v) is 6.97. The molecule has 0 spiro atoms. The highest BCUT2D eigenvalue weighted by atomic mass is 16.5. The Morgan fingerprint density at radius 3 is 2.77 bits per heavy atom. The molecule has 0 aliphatic carbocycles. The SMILES string of the molecule is [C-]#[N+]c1cccc(-c2ccc(C(=O)NCNC(=O)[C@H](CCCCC)CN(O)C=O)o2)c1. The number of carbonyl (C=O) groups is 3. The van der Waals surface area contributed by atoms with Gasteiger partial charge >= 0.3 is 0 Å². The van der Waals surface area contributed by atoms with Crippen LogP contribution in [0.2, 0.25) is 0 Å². The van der Waals surface area contributed by atoms with Crippen LogP contribution in [-0.2, 0) is 9.59 Å². The Morgan fingerprint density at radius 2 is 2.06 bits per heavy atom. The third kappa shape index (κ3) is 7.28. The molecule has 0 saturated carbocycles. The molecule has 2 rings (SSSR count). The fourth-order valence-electron chi connectivity index (χ4n) is 3.00. The maximum Gasteiger partial charge on any atom is 0.288 e. The van der Waals surface area contributed by atoms with Gasteiger partial charge in [-0.3, -0.25) is 19.6 Å². The van der Waals surface area contributed by atoms with E-state index in [2.05, 4.69) is 15.5 Å². The first kappa shape index (κ1) is 23.6.